The van der Waals surface area contributed by atoms with Gasteiger partial charge in [-0.2, -0.15) is 5.10 Å². The van der Waals surface area contributed by atoms with Gasteiger partial charge >= 0.3 is 0 Å². The first-order valence-electron chi connectivity index (χ1n) is 13.5. The third kappa shape index (κ3) is 8.51. The second-order valence-electron chi connectivity index (χ2n) is 9.33. The lowest BCUT2D eigenvalue weighted by molar-refractivity contribution is 0.0837. The first kappa shape index (κ1) is 32.4. The number of hydrogen-bond acceptors (Lipinski definition) is 10. The number of aromatic hydroxyl groups is 1. The topological polar surface area (TPSA) is 159 Å². The van der Waals surface area contributed by atoms with Crippen molar-refractivity contribution in [2.75, 3.05) is 33.5 Å². The Labute approximate surface area is 262 Å². The summed E-state index contributed by atoms with van der Waals surface area (Å²) >= 11 is 2.39. The van der Waals surface area contributed by atoms with E-state index in [-0.39, 0.29) is 37.3 Å². The van der Waals surface area contributed by atoms with Crippen LogP contribution >= 0.6 is 22.7 Å². The van der Waals surface area contributed by atoms with E-state index in [2.05, 4.69) is 21.2 Å². The van der Waals surface area contributed by atoms with E-state index in [0.29, 0.717) is 50.4 Å². The second kappa shape index (κ2) is 15.8. The Hall–Kier alpha value is -4.56. The van der Waals surface area contributed by atoms with Crippen LogP contribution in [0.1, 0.15) is 47.8 Å². The molecule has 0 aliphatic rings. The summed E-state index contributed by atoms with van der Waals surface area (Å²) in [4.78, 5) is 38.9. The quantitative estimate of drug-likeness (QED) is 0.0795. The molecule has 0 aliphatic carbocycles. The number of aliphatic hydroxyl groups excluding tert-OH is 1. The third-order valence-electron chi connectivity index (χ3n) is 6.32. The van der Waals surface area contributed by atoms with E-state index >= 15 is 0 Å². The smallest absolute Gasteiger partial charge is 0.281 e. The molecule has 4 aromatic rings. The molecule has 3 amide bonds. The minimum Gasteiger partial charge on any atom is -0.506 e. The van der Waals surface area contributed by atoms with Gasteiger partial charge < -0.3 is 30.3 Å². The maximum Gasteiger partial charge on any atom is 0.281 e. The Morgan fingerprint density at radius 2 is 1.59 bits per heavy atom. The lowest BCUT2D eigenvalue weighted by Crippen LogP contribution is -2.27. The Kier molecular flexibility index (Phi) is 11.6. The fourth-order valence-electron chi connectivity index (χ4n) is 3.94. The summed E-state index contributed by atoms with van der Waals surface area (Å²) in [6, 6.07) is 17.3. The monoisotopic (exact) mass is 636 g/mol. The average Bonchev–Trinajstić information content (AvgIpc) is 3.70. The van der Waals surface area contributed by atoms with Gasteiger partial charge in [0.25, 0.3) is 17.7 Å². The molecule has 44 heavy (non-hydrogen) atoms. The zero-order valence-electron chi connectivity index (χ0n) is 24.1. The number of benzene rings is 2. The predicted molar refractivity (Wildman–Crippen MR) is 170 cm³/mol. The van der Waals surface area contributed by atoms with Crippen LogP contribution in [0, 0.1) is 0 Å². The normalized spacial score (nSPS) is 11.2. The van der Waals surface area contributed by atoms with E-state index < -0.39 is 5.91 Å². The number of carbonyl (C=O) groups excluding carboxylic acids is 3. The fourth-order valence-corrected chi connectivity index (χ4v) is 5.76. The Morgan fingerprint density at radius 1 is 0.886 bits per heavy atom. The van der Waals surface area contributed by atoms with E-state index in [1.54, 1.807) is 55.8 Å². The minimum atomic E-state index is -0.479. The van der Waals surface area contributed by atoms with Crippen molar-refractivity contribution in [2.45, 2.75) is 13.5 Å². The number of carbonyl (C=O) groups is 3. The highest BCUT2D eigenvalue weighted by atomic mass is 32.1. The molecule has 0 saturated heterocycles. The van der Waals surface area contributed by atoms with Crippen LogP contribution in [0.15, 0.2) is 71.1 Å². The summed E-state index contributed by atoms with van der Waals surface area (Å²) in [6.45, 7) is 2.71. The van der Waals surface area contributed by atoms with E-state index in [1.807, 2.05) is 24.3 Å². The number of nitrogens with one attached hydrogen (secondary N) is 3. The minimum absolute atomic E-state index is 0.0684. The van der Waals surface area contributed by atoms with Crippen molar-refractivity contribution < 1.29 is 34.1 Å². The maximum absolute atomic E-state index is 12.7. The summed E-state index contributed by atoms with van der Waals surface area (Å²) in [6.07, 6.45) is 0. The molecule has 0 fully saturated rings. The summed E-state index contributed by atoms with van der Waals surface area (Å²) in [5.74, 6) is -0.279. The summed E-state index contributed by atoms with van der Waals surface area (Å²) < 4.78 is 10.3. The van der Waals surface area contributed by atoms with Gasteiger partial charge in [0.15, 0.2) is 0 Å². The third-order valence-corrected chi connectivity index (χ3v) is 8.42. The van der Waals surface area contributed by atoms with Crippen LogP contribution in [0.4, 0.5) is 0 Å². The summed E-state index contributed by atoms with van der Waals surface area (Å²) in [7, 11) is 1.59. The van der Waals surface area contributed by atoms with Crippen LogP contribution < -0.4 is 20.8 Å². The van der Waals surface area contributed by atoms with Gasteiger partial charge in [0, 0.05) is 24.0 Å². The molecule has 2 aromatic heterocycles. The molecule has 2 heterocycles. The first-order valence-corrected chi connectivity index (χ1v) is 15.2. The average molecular weight is 637 g/mol. The predicted octanol–water partition coefficient (Wildman–Crippen LogP) is 4.01. The first-order chi connectivity index (χ1) is 21.3. The number of aliphatic hydroxyl groups is 1. The molecular weight excluding hydrogens is 604 g/mol. The van der Waals surface area contributed by atoms with Crippen molar-refractivity contribution in [1.82, 2.24) is 16.1 Å². The van der Waals surface area contributed by atoms with Crippen LogP contribution in [0.25, 0.3) is 10.4 Å². The number of thiophene rings is 2. The van der Waals surface area contributed by atoms with Gasteiger partial charge in [-0.25, -0.2) is 5.43 Å². The van der Waals surface area contributed by atoms with Gasteiger partial charge in [0.1, 0.15) is 11.5 Å². The lowest BCUT2D eigenvalue weighted by Gasteiger charge is -2.07. The van der Waals surface area contributed by atoms with Gasteiger partial charge in [0.2, 0.25) is 0 Å². The highest BCUT2D eigenvalue weighted by molar-refractivity contribution is 7.16. The molecule has 11 nitrogen and oxygen atoms in total. The molecule has 0 unspecified atom stereocenters. The molecule has 0 aliphatic heterocycles. The number of nitrogens with zero attached hydrogens (tertiary/aromatic N) is 1. The van der Waals surface area contributed by atoms with Gasteiger partial charge in [-0.1, -0.05) is 12.1 Å². The largest absolute Gasteiger partial charge is 0.506 e. The van der Waals surface area contributed by atoms with Crippen molar-refractivity contribution in [3.63, 3.8) is 0 Å². The van der Waals surface area contributed by atoms with Crippen LogP contribution in [0.3, 0.4) is 0 Å². The zero-order valence-corrected chi connectivity index (χ0v) is 25.7. The number of ether oxygens (including phenoxy) is 2. The molecule has 0 bridgehead atoms. The zero-order chi connectivity index (χ0) is 31.5. The molecule has 2 aromatic carbocycles. The molecule has 0 atom stereocenters. The van der Waals surface area contributed by atoms with Crippen LogP contribution in [0.5, 0.6) is 11.5 Å². The van der Waals surface area contributed by atoms with Crippen molar-refractivity contribution in [1.29, 1.82) is 0 Å². The van der Waals surface area contributed by atoms with Gasteiger partial charge in [-0.15, -0.1) is 22.7 Å². The van der Waals surface area contributed by atoms with Gasteiger partial charge in [-0.05, 0) is 66.6 Å². The van der Waals surface area contributed by atoms with Crippen LogP contribution in [-0.4, -0.2) is 67.1 Å². The second-order valence-corrected chi connectivity index (χ2v) is 11.3. The number of hydrazone groups is 1. The van der Waals surface area contributed by atoms with Crippen molar-refractivity contribution in [3.8, 4) is 21.9 Å². The molecule has 4 rings (SSSR count). The van der Waals surface area contributed by atoms with E-state index in [9.17, 15) is 19.5 Å². The highest BCUT2D eigenvalue weighted by Crippen LogP contribution is 2.39. The SMILES string of the molecule is COc1ccc(-c2scc(/C(C)=N/NC(=O)c3ccc(C(=O)NCc4ccc(C(=O)NCCOCCO)cc4)s3)c2O)cc1. The Morgan fingerprint density at radius 3 is 2.27 bits per heavy atom. The summed E-state index contributed by atoms with van der Waals surface area (Å²) in [5, 5.41) is 30.9. The lowest BCUT2D eigenvalue weighted by atomic mass is 10.1. The molecule has 5 N–H and O–H groups in total. The highest BCUT2D eigenvalue weighted by Gasteiger charge is 2.17. The Balaban J connectivity index is 1.27. The molecule has 0 radical (unpaired) electrons. The standard InChI is InChI=1S/C31H32N4O7S2/c1-19(24-18-43-28(27(24)37)21-7-9-23(41-2)10-8-21)34-35-31(40)26-12-11-25(44-26)30(39)33-17-20-3-5-22(6-4-20)29(38)32-13-15-42-16-14-36/h3-12,18,36-37H,13-17H2,1-2H3,(H,32,38)(H,33,39)(H,35,40)/b34-19+. The van der Waals surface area contributed by atoms with Crippen LogP contribution in [0.2, 0.25) is 0 Å². The van der Waals surface area contributed by atoms with Gasteiger partial charge in [0.05, 0.1) is 52.8 Å². The summed E-state index contributed by atoms with van der Waals surface area (Å²) in [5.41, 5.74) is 5.53. The van der Waals surface area contributed by atoms with Gasteiger partial charge in [-0.3, -0.25) is 14.4 Å². The maximum atomic E-state index is 12.7. The molecule has 0 spiro atoms. The van der Waals surface area contributed by atoms with Crippen LogP contribution in [-0.2, 0) is 11.3 Å². The molecule has 0 saturated carbocycles. The Bertz CT molecular complexity index is 1610. The molecule has 13 heteroatoms. The van der Waals surface area contributed by atoms with E-state index in [0.717, 1.165) is 22.5 Å². The van der Waals surface area contributed by atoms with Crippen molar-refractivity contribution in [2.24, 2.45) is 5.10 Å². The molecular formula is C31H32N4O7S2. The van der Waals surface area contributed by atoms with E-state index in [4.69, 9.17) is 14.6 Å². The van der Waals surface area contributed by atoms with Crippen molar-refractivity contribution >= 4 is 46.1 Å². The van der Waals surface area contributed by atoms with Crippen molar-refractivity contribution in [3.05, 3.63) is 92.5 Å². The number of hydrogen-bond donors (Lipinski definition) is 5. The van der Waals surface area contributed by atoms with E-state index in [1.165, 1.54) is 11.3 Å². The number of methoxy groups -OCH3 is 1. The number of amides is 3. The fraction of sp³-hybridized carbons (Fsp3) is 0.226. The molecule has 230 valence electrons. The number of rotatable bonds is 14.